The molecule has 7 aromatic heterocycles. The molecule has 15 heteroatoms. The second-order valence-electron chi connectivity index (χ2n) is 10.9. The number of benzene rings is 2. The Morgan fingerprint density at radius 2 is 0.944 bits per heavy atom. The van der Waals surface area contributed by atoms with Crippen LogP contribution in [-0.4, -0.2) is 34.9 Å². The van der Waals surface area contributed by atoms with Gasteiger partial charge in [-0.1, -0.05) is 48.5 Å². The summed E-state index contributed by atoms with van der Waals surface area (Å²) in [6.45, 7) is 0. The molecule has 0 spiro atoms. The van der Waals surface area contributed by atoms with E-state index in [4.69, 9.17) is 34.3 Å². The molecular weight excluding hydrogens is 795 g/mol. The summed E-state index contributed by atoms with van der Waals surface area (Å²) in [6.07, 6.45) is 10.6. The molecule has 0 aliphatic carbocycles. The summed E-state index contributed by atoms with van der Waals surface area (Å²) in [5.74, 6) is 0.666. The van der Waals surface area contributed by atoms with E-state index in [0.29, 0.717) is 11.5 Å². The van der Waals surface area contributed by atoms with Gasteiger partial charge in [0.25, 0.3) is 0 Å². The van der Waals surface area contributed by atoms with Crippen LogP contribution in [0.5, 0.6) is 0 Å². The van der Waals surface area contributed by atoms with Crippen LogP contribution in [0.2, 0.25) is 0 Å². The van der Waals surface area contributed by atoms with Crippen molar-refractivity contribution in [3.8, 4) is 34.2 Å². The average molecular weight is 823 g/mol. The zero-order valence-corrected chi connectivity index (χ0v) is 30.5. The molecule has 7 heterocycles. The molecule has 0 aliphatic heterocycles. The molecular formula is C39H28ClN9O4Ru. The summed E-state index contributed by atoms with van der Waals surface area (Å²) in [5, 5.41) is 1.92. The van der Waals surface area contributed by atoms with Crippen molar-refractivity contribution >= 4 is 38.5 Å². The quantitative estimate of drug-likeness (QED) is 0.154. The Balaban J connectivity index is 0.000000158. The zero-order valence-electron chi connectivity index (χ0n) is 28.0. The molecule has 9 aromatic rings. The maximum Gasteiger partial charge on any atom is 2.00 e. The number of hydrogen-bond donors (Lipinski definition) is 1. The van der Waals surface area contributed by atoms with Crippen molar-refractivity contribution in [1.29, 1.82) is 0 Å². The Kier molecular flexibility index (Phi) is 13.5. The summed E-state index contributed by atoms with van der Waals surface area (Å²) in [6, 6.07) is 38.6. The van der Waals surface area contributed by atoms with Gasteiger partial charge >= 0.3 is 19.5 Å². The maximum atomic E-state index is 8.49. The number of rotatable bonds is 3. The fourth-order valence-corrected chi connectivity index (χ4v) is 5.15. The van der Waals surface area contributed by atoms with E-state index in [1.807, 2.05) is 121 Å². The van der Waals surface area contributed by atoms with Crippen molar-refractivity contribution in [2.24, 2.45) is 0 Å². The van der Waals surface area contributed by atoms with E-state index in [1.54, 1.807) is 37.2 Å². The summed E-state index contributed by atoms with van der Waals surface area (Å²) in [5.41, 5.74) is 14.5. The van der Waals surface area contributed by atoms with Gasteiger partial charge in [-0.15, -0.1) is 15.8 Å². The third-order valence-electron chi connectivity index (χ3n) is 7.34. The van der Waals surface area contributed by atoms with Crippen molar-refractivity contribution in [3.63, 3.8) is 0 Å². The van der Waals surface area contributed by atoms with Crippen LogP contribution in [0.1, 0.15) is 0 Å². The van der Waals surface area contributed by atoms with Crippen molar-refractivity contribution in [2.75, 3.05) is 5.73 Å². The monoisotopic (exact) mass is 823 g/mol. The first-order valence-corrected chi connectivity index (χ1v) is 17.1. The molecule has 9 rings (SSSR count). The van der Waals surface area contributed by atoms with Crippen LogP contribution in [0.15, 0.2) is 159 Å². The number of fused-ring (bicyclic) bond motifs is 6. The Hall–Kier alpha value is -6.12. The van der Waals surface area contributed by atoms with E-state index in [2.05, 4.69) is 29.9 Å². The topological polar surface area (TPSA) is 223 Å². The average Bonchev–Trinajstić information content (AvgIpc) is 3.66. The smallest absolute Gasteiger partial charge is 0.662 e. The van der Waals surface area contributed by atoms with Crippen molar-refractivity contribution in [2.45, 2.75) is 0 Å². The fourth-order valence-electron chi connectivity index (χ4n) is 5.15. The van der Waals surface area contributed by atoms with Gasteiger partial charge in [-0.3, -0.25) is 24.9 Å². The molecule has 13 nitrogen and oxygen atoms in total. The largest absolute Gasteiger partial charge is 2.00 e. The zero-order chi connectivity index (χ0) is 37.0. The molecule has 0 saturated carbocycles. The Labute approximate surface area is 323 Å². The van der Waals surface area contributed by atoms with Gasteiger partial charge in [0.05, 0.1) is 33.8 Å². The van der Waals surface area contributed by atoms with Gasteiger partial charge in [-0.25, -0.2) is 28.6 Å². The molecule has 268 valence electrons. The summed E-state index contributed by atoms with van der Waals surface area (Å²) >= 11 is 0. The normalized spacial score (nSPS) is 10.5. The van der Waals surface area contributed by atoms with Crippen molar-refractivity contribution in [3.05, 3.63) is 159 Å². The van der Waals surface area contributed by atoms with Crippen molar-refractivity contribution < 1.29 is 48.4 Å². The second kappa shape index (κ2) is 18.6. The van der Waals surface area contributed by atoms with E-state index in [9.17, 15) is 0 Å². The summed E-state index contributed by atoms with van der Waals surface area (Å²) in [7, 11) is -4.94. The minimum absolute atomic E-state index is 0. The van der Waals surface area contributed by atoms with Crippen LogP contribution >= 0.6 is 0 Å². The molecule has 0 saturated heterocycles. The van der Waals surface area contributed by atoms with Gasteiger partial charge in [0, 0.05) is 47.6 Å². The van der Waals surface area contributed by atoms with Crippen LogP contribution in [0, 0.1) is 10.2 Å². The molecule has 0 atom stereocenters. The first kappa shape index (κ1) is 39.1. The fraction of sp³-hybridized carbons (Fsp3) is 0. The molecule has 54 heavy (non-hydrogen) atoms. The molecule has 0 unspecified atom stereocenters. The number of nitrogens with zero attached hydrogens (tertiary/aromatic N) is 8. The number of imidazole rings is 1. The first-order chi connectivity index (χ1) is 25.7. The van der Waals surface area contributed by atoms with Crippen LogP contribution in [0.3, 0.4) is 0 Å². The van der Waals surface area contributed by atoms with Gasteiger partial charge in [0.1, 0.15) is 5.52 Å². The van der Waals surface area contributed by atoms with Gasteiger partial charge in [0.2, 0.25) is 0 Å². The third-order valence-corrected chi connectivity index (χ3v) is 7.34. The van der Waals surface area contributed by atoms with E-state index < -0.39 is 10.2 Å². The SMILES string of the molecule is Nc1cccc(-c2nc3c4cccnc4c4[n-]cccc4c3n2)c1.[O-][Cl+3]([O-])([O-])[O-].[Ru+2].c1ccc(-c2ccccn2)nc1.c1ccc(-c2ccccn2)nc1. The summed E-state index contributed by atoms with van der Waals surface area (Å²) < 4.78 is 34.0. The van der Waals surface area contributed by atoms with Crippen LogP contribution in [-0.2, 0) is 19.5 Å². The third kappa shape index (κ3) is 10.5. The molecule has 0 aliphatic rings. The second-order valence-corrected chi connectivity index (χ2v) is 11.7. The van der Waals surface area contributed by atoms with Crippen LogP contribution in [0.25, 0.3) is 67.0 Å². The molecule has 2 N–H and O–H groups in total. The van der Waals surface area contributed by atoms with Crippen LogP contribution in [0.4, 0.5) is 5.69 Å². The molecule has 0 radical (unpaired) electrons. The van der Waals surface area contributed by atoms with Gasteiger partial charge in [-0.2, -0.15) is 6.20 Å². The predicted molar refractivity (Wildman–Crippen MR) is 190 cm³/mol. The first-order valence-electron chi connectivity index (χ1n) is 15.8. The number of aromatic nitrogens is 8. The Morgan fingerprint density at radius 3 is 1.41 bits per heavy atom. The van der Waals surface area contributed by atoms with Gasteiger partial charge < -0.3 is 10.7 Å². The molecule has 0 fully saturated rings. The Bertz CT molecular complexity index is 2300. The number of hydrogen-bond acceptors (Lipinski definition) is 12. The van der Waals surface area contributed by atoms with E-state index >= 15 is 0 Å². The Morgan fingerprint density at radius 1 is 0.481 bits per heavy atom. The van der Waals surface area contributed by atoms with Gasteiger partial charge in [0.15, 0.2) is 5.82 Å². The number of halogens is 1. The molecule has 0 amide bonds. The standard InChI is InChI=1S/C19H12N5.2C10H8N2.ClHO4.Ru/c20-12-5-1-4-11(10-12)19-23-17-13-6-2-8-21-15(13)16-14(18(17)24-19)7-3-9-22-16;2*1-3-7-11-9(5-1)10-6-2-4-8-12-10;2-1(3,4)5;/h1-10H,20H2;2*1-8H;(H,2,3,4,5);/q-1;;;;+2/p-1. The van der Waals surface area contributed by atoms with Crippen molar-refractivity contribution in [1.82, 2.24) is 39.9 Å². The van der Waals surface area contributed by atoms with E-state index in [0.717, 1.165) is 61.2 Å². The van der Waals surface area contributed by atoms with Crippen LogP contribution < -0.4 is 29.4 Å². The minimum Gasteiger partial charge on any atom is -0.662 e. The van der Waals surface area contributed by atoms with Gasteiger partial charge in [-0.05, 0) is 78.2 Å². The number of anilines is 1. The molecule has 0 bridgehead atoms. The molecule has 2 aromatic carbocycles. The van der Waals surface area contributed by atoms with E-state index in [1.165, 1.54) is 0 Å². The number of nitrogens with two attached hydrogens (primary N) is 1. The minimum atomic E-state index is -4.94. The summed E-state index contributed by atoms with van der Waals surface area (Å²) in [4.78, 5) is 35.3. The van der Waals surface area contributed by atoms with E-state index in [-0.39, 0.29) is 19.5 Å². The maximum absolute atomic E-state index is 8.49. The number of nitrogen functional groups attached to an aromatic ring is 1. The number of pyridine rings is 6. The predicted octanol–water partition coefficient (Wildman–Crippen LogP) is 3.07.